The van der Waals surface area contributed by atoms with Crippen LogP contribution < -0.4 is 11.1 Å². The van der Waals surface area contributed by atoms with Crippen LogP contribution in [-0.4, -0.2) is 16.4 Å². The summed E-state index contributed by atoms with van der Waals surface area (Å²) in [6.07, 6.45) is 5.18. The van der Waals surface area contributed by atoms with Crippen molar-refractivity contribution in [3.8, 4) is 0 Å². The highest BCUT2D eigenvalue weighted by atomic mass is 32.1. The van der Waals surface area contributed by atoms with E-state index in [0.717, 1.165) is 25.7 Å². The van der Waals surface area contributed by atoms with Crippen LogP contribution in [0.3, 0.4) is 0 Å². The van der Waals surface area contributed by atoms with Gasteiger partial charge in [0, 0.05) is 5.92 Å². The van der Waals surface area contributed by atoms with Crippen molar-refractivity contribution in [2.24, 2.45) is 11.7 Å². The molecule has 86 valence electrons. The summed E-state index contributed by atoms with van der Waals surface area (Å²) in [5, 5.41) is 3.03. The van der Waals surface area contributed by atoms with Gasteiger partial charge >= 0.3 is 0 Å². The van der Waals surface area contributed by atoms with Crippen molar-refractivity contribution < 1.29 is 4.79 Å². The van der Waals surface area contributed by atoms with Crippen LogP contribution in [0.15, 0.2) is 0 Å². The first-order chi connectivity index (χ1) is 6.98. The summed E-state index contributed by atoms with van der Waals surface area (Å²) >= 11 is 5.10. The summed E-state index contributed by atoms with van der Waals surface area (Å²) in [7, 11) is 0. The third-order valence-electron chi connectivity index (χ3n) is 3.07. The number of thiocarbonyl (C=S) groups is 1. The molecule has 0 bridgehead atoms. The molecule has 0 aromatic rings. The number of hydrogen-bond donors (Lipinski definition) is 2. The fourth-order valence-electron chi connectivity index (χ4n) is 1.97. The molecular formula is C11H20N2OS. The Bertz CT molecular complexity index is 257. The molecule has 0 aliphatic heterocycles. The van der Waals surface area contributed by atoms with Gasteiger partial charge in [-0.25, -0.2) is 0 Å². The van der Waals surface area contributed by atoms with Crippen molar-refractivity contribution in [2.45, 2.75) is 51.5 Å². The summed E-state index contributed by atoms with van der Waals surface area (Å²) in [6.45, 7) is 3.76. The highest BCUT2D eigenvalue weighted by molar-refractivity contribution is 7.80. The molecule has 3 N–H and O–H groups in total. The Labute approximate surface area is 96.8 Å². The molecule has 1 fully saturated rings. The zero-order valence-corrected chi connectivity index (χ0v) is 10.3. The van der Waals surface area contributed by atoms with E-state index >= 15 is 0 Å². The summed E-state index contributed by atoms with van der Waals surface area (Å²) in [5.41, 5.74) is 5.36. The Kier molecular flexibility index (Phi) is 4.08. The van der Waals surface area contributed by atoms with E-state index in [1.54, 1.807) is 0 Å². The average molecular weight is 228 g/mol. The fraction of sp³-hybridized carbons (Fsp3) is 0.818. The van der Waals surface area contributed by atoms with Crippen LogP contribution in [0.4, 0.5) is 0 Å². The van der Waals surface area contributed by atoms with Crippen molar-refractivity contribution in [3.05, 3.63) is 0 Å². The zero-order valence-electron chi connectivity index (χ0n) is 9.51. The lowest BCUT2D eigenvalue weighted by Gasteiger charge is -2.37. The van der Waals surface area contributed by atoms with Crippen molar-refractivity contribution in [2.75, 3.05) is 0 Å². The van der Waals surface area contributed by atoms with Crippen molar-refractivity contribution in [3.63, 3.8) is 0 Å². The van der Waals surface area contributed by atoms with Crippen LogP contribution in [0.1, 0.15) is 46.0 Å². The number of rotatable bonds is 3. The van der Waals surface area contributed by atoms with E-state index in [0.29, 0.717) is 4.99 Å². The Morgan fingerprint density at radius 2 is 1.87 bits per heavy atom. The van der Waals surface area contributed by atoms with Gasteiger partial charge in [0.2, 0.25) is 5.91 Å². The number of nitrogens with two attached hydrogens (primary N) is 1. The molecule has 0 aromatic carbocycles. The molecule has 1 aliphatic rings. The predicted molar refractivity (Wildman–Crippen MR) is 65.6 cm³/mol. The summed E-state index contributed by atoms with van der Waals surface area (Å²) in [6, 6.07) is 0. The Hall–Kier alpha value is -0.640. The van der Waals surface area contributed by atoms with Crippen molar-refractivity contribution in [1.29, 1.82) is 0 Å². The molecule has 0 unspecified atom stereocenters. The molecule has 15 heavy (non-hydrogen) atoms. The molecule has 0 atom stereocenters. The maximum Gasteiger partial charge on any atom is 0.223 e. The number of carbonyl (C=O) groups excluding carboxylic acids is 1. The van der Waals surface area contributed by atoms with E-state index in [1.165, 1.54) is 6.42 Å². The SMILES string of the molecule is CC(C)C(=O)NC1(C(N)=S)CCCCC1. The molecule has 0 saturated heterocycles. The van der Waals surface area contributed by atoms with Gasteiger partial charge in [0.05, 0.1) is 10.5 Å². The second-order valence-electron chi connectivity index (χ2n) is 4.65. The average Bonchev–Trinajstić information content (AvgIpc) is 2.18. The number of nitrogens with one attached hydrogen (secondary N) is 1. The van der Waals surface area contributed by atoms with Gasteiger partial charge in [-0.2, -0.15) is 0 Å². The van der Waals surface area contributed by atoms with Crippen LogP contribution in [0.5, 0.6) is 0 Å². The zero-order chi connectivity index (χ0) is 11.5. The minimum atomic E-state index is -0.408. The monoisotopic (exact) mass is 228 g/mol. The minimum absolute atomic E-state index is 0.0156. The molecule has 0 heterocycles. The first-order valence-electron chi connectivity index (χ1n) is 5.60. The smallest absolute Gasteiger partial charge is 0.223 e. The molecule has 0 radical (unpaired) electrons. The Balaban J connectivity index is 2.73. The quantitative estimate of drug-likeness (QED) is 0.724. The normalized spacial score (nSPS) is 19.9. The largest absolute Gasteiger partial charge is 0.391 e. The third kappa shape index (κ3) is 2.91. The maximum atomic E-state index is 11.7. The van der Waals surface area contributed by atoms with Gasteiger partial charge in [0.1, 0.15) is 0 Å². The van der Waals surface area contributed by atoms with Gasteiger partial charge in [0.25, 0.3) is 0 Å². The maximum absolute atomic E-state index is 11.7. The van der Waals surface area contributed by atoms with Gasteiger partial charge in [0.15, 0.2) is 0 Å². The number of carbonyl (C=O) groups is 1. The topological polar surface area (TPSA) is 55.1 Å². The summed E-state index contributed by atoms with van der Waals surface area (Å²) < 4.78 is 0. The second-order valence-corrected chi connectivity index (χ2v) is 5.09. The van der Waals surface area contributed by atoms with E-state index < -0.39 is 5.54 Å². The first-order valence-corrected chi connectivity index (χ1v) is 6.01. The molecule has 1 saturated carbocycles. The molecular weight excluding hydrogens is 208 g/mol. The molecule has 0 aromatic heterocycles. The Morgan fingerprint density at radius 3 is 2.27 bits per heavy atom. The van der Waals surface area contributed by atoms with Gasteiger partial charge < -0.3 is 11.1 Å². The van der Waals surface area contributed by atoms with E-state index in [1.807, 2.05) is 13.8 Å². The summed E-state index contributed by atoms with van der Waals surface area (Å²) in [5.74, 6) is 0.0304. The highest BCUT2D eigenvalue weighted by Gasteiger charge is 2.36. The van der Waals surface area contributed by atoms with Gasteiger partial charge in [-0.1, -0.05) is 45.3 Å². The van der Waals surface area contributed by atoms with Crippen LogP contribution in [0, 0.1) is 5.92 Å². The lowest BCUT2D eigenvalue weighted by molar-refractivity contribution is -0.125. The van der Waals surface area contributed by atoms with Crippen LogP contribution in [0.25, 0.3) is 0 Å². The number of amides is 1. The van der Waals surface area contributed by atoms with Gasteiger partial charge in [-0.15, -0.1) is 0 Å². The van der Waals surface area contributed by atoms with E-state index in [4.69, 9.17) is 18.0 Å². The molecule has 3 nitrogen and oxygen atoms in total. The third-order valence-corrected chi connectivity index (χ3v) is 3.46. The van der Waals surface area contributed by atoms with Crippen LogP contribution in [-0.2, 0) is 4.79 Å². The fourth-order valence-corrected chi connectivity index (χ4v) is 2.22. The van der Waals surface area contributed by atoms with Crippen LogP contribution >= 0.6 is 12.2 Å². The molecule has 4 heteroatoms. The Morgan fingerprint density at radius 1 is 1.33 bits per heavy atom. The lowest BCUT2D eigenvalue weighted by Crippen LogP contribution is -2.58. The second kappa shape index (κ2) is 4.92. The summed E-state index contributed by atoms with van der Waals surface area (Å²) in [4.78, 5) is 12.1. The van der Waals surface area contributed by atoms with Gasteiger partial charge in [-0.3, -0.25) is 4.79 Å². The minimum Gasteiger partial charge on any atom is -0.391 e. The molecule has 1 rings (SSSR count). The first kappa shape index (κ1) is 12.4. The van der Waals surface area contributed by atoms with Gasteiger partial charge in [-0.05, 0) is 12.8 Å². The lowest BCUT2D eigenvalue weighted by atomic mass is 9.81. The predicted octanol–water partition coefficient (Wildman–Crippen LogP) is 1.75. The molecule has 0 spiro atoms. The number of hydrogen-bond acceptors (Lipinski definition) is 2. The highest BCUT2D eigenvalue weighted by Crippen LogP contribution is 2.28. The van der Waals surface area contributed by atoms with E-state index in [9.17, 15) is 4.79 Å². The standard InChI is InChI=1S/C11H20N2OS/c1-8(2)9(14)13-11(10(12)15)6-4-3-5-7-11/h8H,3-7H2,1-2H3,(H2,12,15)(H,13,14). The van der Waals surface area contributed by atoms with E-state index in [-0.39, 0.29) is 11.8 Å². The molecule has 1 aliphatic carbocycles. The van der Waals surface area contributed by atoms with Crippen molar-refractivity contribution in [1.82, 2.24) is 5.32 Å². The van der Waals surface area contributed by atoms with Crippen molar-refractivity contribution >= 4 is 23.1 Å². The van der Waals surface area contributed by atoms with E-state index in [2.05, 4.69) is 5.32 Å². The van der Waals surface area contributed by atoms with Crippen LogP contribution in [0.2, 0.25) is 0 Å². The molecule has 1 amide bonds.